The van der Waals surface area contributed by atoms with E-state index in [1.54, 1.807) is 6.07 Å². The molecule has 1 aliphatic rings. The van der Waals surface area contributed by atoms with Crippen molar-refractivity contribution in [3.63, 3.8) is 0 Å². The SMILES string of the molecule is CCC(C)C(Nc1cc(Cl)nc(C2CC2)n1)C(N)=O. The lowest BCUT2D eigenvalue weighted by Crippen LogP contribution is -2.40. The third-order valence-corrected chi connectivity index (χ3v) is 3.67. The van der Waals surface area contributed by atoms with Gasteiger partial charge in [-0.1, -0.05) is 31.9 Å². The molecule has 0 aliphatic heterocycles. The van der Waals surface area contributed by atoms with Gasteiger partial charge in [0.2, 0.25) is 5.91 Å². The Bertz CT molecular complexity index is 476. The Balaban J connectivity index is 2.18. The predicted molar refractivity (Wildman–Crippen MR) is 75.1 cm³/mol. The quantitative estimate of drug-likeness (QED) is 0.785. The van der Waals surface area contributed by atoms with Gasteiger partial charge in [0.05, 0.1) is 0 Å². The van der Waals surface area contributed by atoms with E-state index in [0.29, 0.717) is 16.9 Å². The second-order valence-corrected chi connectivity index (χ2v) is 5.51. The van der Waals surface area contributed by atoms with E-state index >= 15 is 0 Å². The molecule has 1 aromatic heterocycles. The van der Waals surface area contributed by atoms with Gasteiger partial charge in [-0.15, -0.1) is 0 Å². The molecule has 1 aliphatic carbocycles. The Morgan fingerprint density at radius 2 is 2.26 bits per heavy atom. The molecular formula is C13H19ClN4O. The molecule has 5 nitrogen and oxygen atoms in total. The molecule has 2 unspecified atom stereocenters. The van der Waals surface area contributed by atoms with Crippen LogP contribution in [0.1, 0.15) is 44.9 Å². The van der Waals surface area contributed by atoms with Crippen LogP contribution < -0.4 is 11.1 Å². The smallest absolute Gasteiger partial charge is 0.240 e. The highest BCUT2D eigenvalue weighted by Gasteiger charge is 2.28. The van der Waals surface area contributed by atoms with Crippen molar-refractivity contribution in [1.82, 2.24) is 9.97 Å². The van der Waals surface area contributed by atoms with Crippen molar-refractivity contribution in [2.24, 2.45) is 11.7 Å². The van der Waals surface area contributed by atoms with Gasteiger partial charge in [0.25, 0.3) is 0 Å². The molecule has 2 atom stereocenters. The number of nitrogens with one attached hydrogen (secondary N) is 1. The van der Waals surface area contributed by atoms with Gasteiger partial charge in [0.1, 0.15) is 22.8 Å². The largest absolute Gasteiger partial charge is 0.368 e. The predicted octanol–water partition coefficient (Wildman–Crippen LogP) is 2.32. The van der Waals surface area contributed by atoms with Crippen LogP contribution in [0, 0.1) is 5.92 Å². The summed E-state index contributed by atoms with van der Waals surface area (Å²) in [6.45, 7) is 4.00. The minimum absolute atomic E-state index is 0.135. The molecule has 1 heterocycles. The van der Waals surface area contributed by atoms with E-state index in [2.05, 4.69) is 15.3 Å². The van der Waals surface area contributed by atoms with E-state index in [1.165, 1.54) is 0 Å². The lowest BCUT2D eigenvalue weighted by Gasteiger charge is -2.21. The number of amides is 1. The molecule has 0 saturated heterocycles. The summed E-state index contributed by atoms with van der Waals surface area (Å²) in [5.41, 5.74) is 5.43. The topological polar surface area (TPSA) is 80.9 Å². The van der Waals surface area contributed by atoms with Crippen LogP contribution in [0.25, 0.3) is 0 Å². The van der Waals surface area contributed by atoms with Gasteiger partial charge >= 0.3 is 0 Å². The minimum atomic E-state index is -0.442. The number of hydrogen-bond donors (Lipinski definition) is 2. The fraction of sp³-hybridized carbons (Fsp3) is 0.615. The lowest BCUT2D eigenvalue weighted by atomic mass is 9.99. The maximum absolute atomic E-state index is 11.5. The summed E-state index contributed by atoms with van der Waals surface area (Å²) in [6, 6.07) is 1.19. The van der Waals surface area contributed by atoms with Gasteiger partial charge in [-0.3, -0.25) is 4.79 Å². The van der Waals surface area contributed by atoms with Crippen LogP contribution in [0.5, 0.6) is 0 Å². The maximum atomic E-state index is 11.5. The van der Waals surface area contributed by atoms with Crippen LogP contribution in [0.3, 0.4) is 0 Å². The first-order valence-corrected chi connectivity index (χ1v) is 6.99. The molecule has 1 aromatic rings. The van der Waals surface area contributed by atoms with Gasteiger partial charge in [-0.2, -0.15) is 0 Å². The third-order valence-electron chi connectivity index (χ3n) is 3.48. The Morgan fingerprint density at radius 1 is 1.58 bits per heavy atom. The normalized spacial score (nSPS) is 17.8. The third kappa shape index (κ3) is 3.56. The highest BCUT2D eigenvalue weighted by Crippen LogP contribution is 2.38. The van der Waals surface area contributed by atoms with Gasteiger partial charge in [0, 0.05) is 12.0 Å². The molecule has 19 heavy (non-hydrogen) atoms. The van der Waals surface area contributed by atoms with Crippen LogP contribution >= 0.6 is 11.6 Å². The van der Waals surface area contributed by atoms with Crippen LogP contribution in [0.15, 0.2) is 6.07 Å². The Morgan fingerprint density at radius 3 is 2.79 bits per heavy atom. The standard InChI is InChI=1S/C13H19ClN4O/c1-3-7(2)11(12(15)19)17-10-6-9(14)16-13(18-10)8-4-5-8/h6-8,11H,3-5H2,1-2H3,(H2,15,19)(H,16,17,18). The maximum Gasteiger partial charge on any atom is 0.240 e. The molecule has 1 amide bonds. The zero-order valence-electron chi connectivity index (χ0n) is 11.2. The van der Waals surface area contributed by atoms with Gasteiger partial charge in [-0.05, 0) is 18.8 Å². The number of nitrogens with zero attached hydrogens (tertiary/aromatic N) is 2. The molecule has 0 radical (unpaired) electrons. The number of aromatic nitrogens is 2. The van der Waals surface area contributed by atoms with Gasteiger partial charge in [0.15, 0.2) is 0 Å². The zero-order chi connectivity index (χ0) is 14.0. The van der Waals surface area contributed by atoms with E-state index in [9.17, 15) is 4.79 Å². The number of carbonyl (C=O) groups excluding carboxylic acids is 1. The first kappa shape index (κ1) is 14.1. The average molecular weight is 283 g/mol. The van der Waals surface area contributed by atoms with Crippen molar-refractivity contribution >= 4 is 23.3 Å². The van der Waals surface area contributed by atoms with Gasteiger partial charge in [-0.25, -0.2) is 9.97 Å². The molecule has 3 N–H and O–H groups in total. The number of carbonyl (C=O) groups is 1. The highest BCUT2D eigenvalue weighted by molar-refractivity contribution is 6.29. The summed E-state index contributed by atoms with van der Waals surface area (Å²) < 4.78 is 0. The summed E-state index contributed by atoms with van der Waals surface area (Å²) in [5.74, 6) is 1.50. The van der Waals surface area contributed by atoms with Crippen molar-refractivity contribution in [3.8, 4) is 0 Å². The minimum Gasteiger partial charge on any atom is -0.368 e. The Kier molecular flexibility index (Phi) is 4.24. The first-order valence-electron chi connectivity index (χ1n) is 6.61. The molecule has 0 aromatic carbocycles. The number of halogens is 1. The average Bonchev–Trinajstić information content (AvgIpc) is 3.18. The van der Waals surface area contributed by atoms with Crippen LogP contribution in [-0.4, -0.2) is 21.9 Å². The number of primary amides is 1. The molecule has 1 fully saturated rings. The number of nitrogens with two attached hydrogens (primary N) is 1. The van der Waals surface area contributed by atoms with Crippen LogP contribution in [-0.2, 0) is 4.79 Å². The van der Waals surface area contributed by atoms with Crippen molar-refractivity contribution in [2.75, 3.05) is 5.32 Å². The van der Waals surface area contributed by atoms with E-state index in [-0.39, 0.29) is 11.8 Å². The van der Waals surface area contributed by atoms with E-state index in [1.807, 2.05) is 13.8 Å². The van der Waals surface area contributed by atoms with E-state index in [0.717, 1.165) is 25.1 Å². The fourth-order valence-electron chi connectivity index (χ4n) is 1.92. The first-order chi connectivity index (χ1) is 9.01. The summed E-state index contributed by atoms with van der Waals surface area (Å²) >= 11 is 5.99. The van der Waals surface area contributed by atoms with Crippen molar-refractivity contribution in [2.45, 2.75) is 45.1 Å². The number of anilines is 1. The van der Waals surface area contributed by atoms with Crippen LogP contribution in [0.2, 0.25) is 5.15 Å². The lowest BCUT2D eigenvalue weighted by molar-refractivity contribution is -0.119. The fourth-order valence-corrected chi connectivity index (χ4v) is 2.11. The zero-order valence-corrected chi connectivity index (χ0v) is 11.9. The molecule has 0 spiro atoms. The Hall–Kier alpha value is -1.36. The second-order valence-electron chi connectivity index (χ2n) is 5.12. The van der Waals surface area contributed by atoms with Gasteiger partial charge < -0.3 is 11.1 Å². The monoisotopic (exact) mass is 282 g/mol. The summed E-state index contributed by atoms with van der Waals surface area (Å²) in [4.78, 5) is 20.1. The second kappa shape index (κ2) is 5.74. The highest BCUT2D eigenvalue weighted by atomic mass is 35.5. The molecule has 6 heteroatoms. The number of rotatable bonds is 6. The van der Waals surface area contributed by atoms with Crippen molar-refractivity contribution < 1.29 is 4.79 Å². The molecule has 1 saturated carbocycles. The molecule has 104 valence electrons. The Labute approximate surface area is 118 Å². The number of hydrogen-bond acceptors (Lipinski definition) is 4. The van der Waals surface area contributed by atoms with Crippen molar-refractivity contribution in [1.29, 1.82) is 0 Å². The molecule has 0 bridgehead atoms. The summed E-state index contributed by atoms with van der Waals surface area (Å²) in [6.07, 6.45) is 3.06. The molecule has 2 rings (SSSR count). The van der Waals surface area contributed by atoms with Crippen LogP contribution in [0.4, 0.5) is 5.82 Å². The van der Waals surface area contributed by atoms with E-state index in [4.69, 9.17) is 17.3 Å². The van der Waals surface area contributed by atoms with Crippen molar-refractivity contribution in [3.05, 3.63) is 17.0 Å². The summed E-state index contributed by atoms with van der Waals surface area (Å²) in [5, 5.41) is 3.48. The summed E-state index contributed by atoms with van der Waals surface area (Å²) in [7, 11) is 0. The van der Waals surface area contributed by atoms with E-state index < -0.39 is 6.04 Å². The molecular weight excluding hydrogens is 264 g/mol.